The molecule has 41 heavy (non-hydrogen) atoms. The first-order valence-corrected chi connectivity index (χ1v) is 15.3. The van der Waals surface area contributed by atoms with E-state index in [1.165, 1.54) is 23.5 Å². The third-order valence-electron chi connectivity index (χ3n) is 6.18. The topological polar surface area (TPSA) is 129 Å². The zero-order valence-electron chi connectivity index (χ0n) is 22.3. The molecule has 2 heterocycles. The zero-order chi connectivity index (χ0) is 31.1. The van der Waals surface area contributed by atoms with E-state index in [4.69, 9.17) is 23.2 Å². The number of benzene rings is 1. The Morgan fingerprint density at radius 1 is 1.24 bits per heavy atom. The van der Waals surface area contributed by atoms with Crippen molar-refractivity contribution in [3.05, 3.63) is 32.9 Å². The summed E-state index contributed by atoms with van der Waals surface area (Å²) in [6.07, 6.45) is -5.77. The van der Waals surface area contributed by atoms with Gasteiger partial charge in [-0.25, -0.2) is 17.8 Å². The lowest BCUT2D eigenvalue weighted by atomic mass is 10.0. The molecule has 1 aromatic heterocycles. The highest BCUT2D eigenvalue weighted by atomic mass is 35.5. The van der Waals surface area contributed by atoms with Gasteiger partial charge in [-0.05, 0) is 46.6 Å². The van der Waals surface area contributed by atoms with Crippen LogP contribution in [0.5, 0.6) is 0 Å². The molecule has 2 aromatic rings. The molecular weight excluding hydrogens is 635 g/mol. The molecule has 228 valence electrons. The van der Waals surface area contributed by atoms with Crippen molar-refractivity contribution in [1.29, 1.82) is 0 Å². The Bertz CT molecular complexity index is 1430. The van der Waals surface area contributed by atoms with Crippen molar-refractivity contribution in [2.24, 2.45) is 0 Å². The lowest BCUT2D eigenvalue weighted by Gasteiger charge is -2.34. The van der Waals surface area contributed by atoms with Gasteiger partial charge in [0.05, 0.1) is 20.5 Å². The second-order valence-corrected chi connectivity index (χ2v) is 13.7. The van der Waals surface area contributed by atoms with Crippen molar-refractivity contribution in [1.82, 2.24) is 19.9 Å². The van der Waals surface area contributed by atoms with Gasteiger partial charge in [-0.2, -0.15) is 17.9 Å². The van der Waals surface area contributed by atoms with Gasteiger partial charge in [0.2, 0.25) is 10.0 Å². The number of nitrogens with zero attached hydrogens (tertiary/aromatic N) is 2. The highest BCUT2D eigenvalue weighted by Crippen LogP contribution is 2.42. The van der Waals surface area contributed by atoms with Crippen LogP contribution in [0.15, 0.2) is 17.0 Å². The Morgan fingerprint density at radius 2 is 1.88 bits per heavy atom. The molecule has 1 saturated heterocycles. The molecule has 0 spiro atoms. The second kappa shape index (κ2) is 12.3. The number of thiazole rings is 1. The fourth-order valence-electron chi connectivity index (χ4n) is 3.95. The molecule has 0 radical (unpaired) electrons. The summed E-state index contributed by atoms with van der Waals surface area (Å²) in [6, 6.07) is -0.857. The van der Waals surface area contributed by atoms with Crippen molar-refractivity contribution < 1.29 is 40.7 Å². The molecule has 0 aliphatic carbocycles. The number of carbonyl (C=O) groups is 2. The summed E-state index contributed by atoms with van der Waals surface area (Å²) in [7, 11) is -4.78. The number of carbonyl (C=O) groups excluding carboxylic acids is 2. The summed E-state index contributed by atoms with van der Waals surface area (Å²) in [6.45, 7) is 5.14. The first-order valence-electron chi connectivity index (χ1n) is 12.3. The highest BCUT2D eigenvalue weighted by molar-refractivity contribution is 7.89. The van der Waals surface area contributed by atoms with Crippen LogP contribution < -0.4 is 10.0 Å². The molecule has 17 heteroatoms. The summed E-state index contributed by atoms with van der Waals surface area (Å²) in [4.78, 5) is 31.3. The number of piperidine rings is 1. The molecule has 0 bridgehead atoms. The smallest absolute Gasteiger partial charge is 0.389 e. The Labute approximate surface area is 248 Å². The molecule has 3 rings (SSSR count). The molecule has 3 N–H and O–H groups in total. The van der Waals surface area contributed by atoms with Crippen LogP contribution in [0.4, 0.5) is 17.6 Å². The molecule has 1 aliphatic heterocycles. The average molecular weight is 664 g/mol. The quantitative estimate of drug-likeness (QED) is 0.348. The van der Waals surface area contributed by atoms with Crippen molar-refractivity contribution >= 4 is 56.4 Å². The summed E-state index contributed by atoms with van der Waals surface area (Å²) >= 11 is 13.4. The van der Waals surface area contributed by atoms with Crippen LogP contribution >= 0.6 is 34.5 Å². The normalized spacial score (nSPS) is 19.2. The number of likely N-dealkylation sites (tertiary alicyclic amines) is 1. The second-order valence-electron chi connectivity index (χ2n) is 10.3. The number of alkyl halides is 4. The number of hydrogen-bond donors (Lipinski definition) is 3. The molecule has 1 fully saturated rings. The highest BCUT2D eigenvalue weighted by Gasteiger charge is 2.40. The Hall–Kier alpha value is -2.04. The SMILES string of the molecule is C[C@H](NS(=O)(=O)c1ccc(-c2sc(C(=O)NCC(C)(C)O)nc2C(=O)N2CC[C@H](F)C[C@@H]2C)c(Cl)c1Cl)C(F)(F)F. The zero-order valence-corrected chi connectivity index (χ0v) is 25.4. The molecule has 0 unspecified atom stereocenters. The molecule has 1 aliphatic rings. The fraction of sp³-hybridized carbons (Fsp3) is 0.542. The maximum atomic E-state index is 13.9. The monoisotopic (exact) mass is 662 g/mol. The van der Waals surface area contributed by atoms with Crippen LogP contribution in [0.2, 0.25) is 10.0 Å². The van der Waals surface area contributed by atoms with E-state index in [2.05, 4.69) is 10.3 Å². The number of aliphatic hydroxyl groups is 1. The van der Waals surface area contributed by atoms with E-state index in [1.54, 1.807) is 6.92 Å². The Kier molecular flexibility index (Phi) is 10.0. The van der Waals surface area contributed by atoms with Gasteiger partial charge < -0.3 is 15.3 Å². The first kappa shape index (κ1) is 33.5. The molecule has 0 saturated carbocycles. The largest absolute Gasteiger partial charge is 0.404 e. The number of rotatable bonds is 8. The van der Waals surface area contributed by atoms with Gasteiger partial charge in [-0.1, -0.05) is 29.3 Å². The molecule has 9 nitrogen and oxygen atoms in total. The number of nitrogens with one attached hydrogen (secondary N) is 2. The van der Waals surface area contributed by atoms with Crippen LogP contribution in [0.25, 0.3) is 10.4 Å². The maximum absolute atomic E-state index is 13.9. The summed E-state index contributed by atoms with van der Waals surface area (Å²) < 4.78 is 79.7. The fourth-order valence-corrected chi connectivity index (χ4v) is 7.10. The molecule has 2 amide bonds. The summed E-state index contributed by atoms with van der Waals surface area (Å²) in [5.74, 6) is -1.36. The third kappa shape index (κ3) is 7.87. The third-order valence-corrected chi connectivity index (χ3v) is 9.85. The number of halogens is 6. The molecule has 3 atom stereocenters. The minimum atomic E-state index is -4.86. The number of aromatic nitrogens is 1. The summed E-state index contributed by atoms with van der Waals surface area (Å²) in [5.41, 5.74) is -1.49. The van der Waals surface area contributed by atoms with Crippen molar-refractivity contribution in [2.45, 2.75) is 75.5 Å². The number of amides is 2. The van der Waals surface area contributed by atoms with Crippen molar-refractivity contribution in [2.75, 3.05) is 13.1 Å². The average Bonchev–Trinajstić information content (AvgIpc) is 3.27. The van der Waals surface area contributed by atoms with E-state index in [0.29, 0.717) is 6.92 Å². The Balaban J connectivity index is 2.09. The van der Waals surface area contributed by atoms with Gasteiger partial charge in [0.15, 0.2) is 5.01 Å². The van der Waals surface area contributed by atoms with Crippen molar-refractivity contribution in [3.8, 4) is 10.4 Å². The number of sulfonamides is 1. The van der Waals surface area contributed by atoms with E-state index in [0.717, 1.165) is 23.5 Å². The van der Waals surface area contributed by atoms with E-state index in [1.807, 2.05) is 0 Å². The van der Waals surface area contributed by atoms with Crippen LogP contribution in [0.3, 0.4) is 0 Å². The van der Waals surface area contributed by atoms with E-state index < -0.39 is 66.8 Å². The van der Waals surface area contributed by atoms with E-state index >= 15 is 0 Å². The molecular formula is C24H28Cl2F4N4O5S2. The van der Waals surface area contributed by atoms with Gasteiger partial charge in [-0.3, -0.25) is 9.59 Å². The Morgan fingerprint density at radius 3 is 2.44 bits per heavy atom. The number of hydrogen-bond acceptors (Lipinski definition) is 7. The molecule has 1 aromatic carbocycles. The van der Waals surface area contributed by atoms with Gasteiger partial charge in [0.25, 0.3) is 11.8 Å². The van der Waals surface area contributed by atoms with Crippen LogP contribution in [0, 0.1) is 0 Å². The van der Waals surface area contributed by atoms with Crippen LogP contribution in [0.1, 0.15) is 60.8 Å². The van der Waals surface area contributed by atoms with Gasteiger partial charge in [-0.15, -0.1) is 11.3 Å². The standard InChI is InChI=1S/C24H28Cl2F4N4O5S2/c1-11-9-13(27)7-8-34(11)22(36)18-19(40-21(32-18)20(35)31-10-23(3,4)37)14-5-6-15(17(26)16(14)25)41(38,39)33-12(2)24(28,29)30/h5-6,11-13,33,37H,7-10H2,1-4H3,(H,31,35)/t11-,12-,13-/m0/s1. The first-order chi connectivity index (χ1) is 18.7. The van der Waals surface area contributed by atoms with Gasteiger partial charge >= 0.3 is 6.18 Å². The van der Waals surface area contributed by atoms with E-state index in [-0.39, 0.29) is 47.1 Å². The van der Waals surface area contributed by atoms with Crippen LogP contribution in [-0.4, -0.2) is 78.3 Å². The van der Waals surface area contributed by atoms with Crippen LogP contribution in [-0.2, 0) is 10.0 Å². The predicted molar refractivity (Wildman–Crippen MR) is 147 cm³/mol. The summed E-state index contributed by atoms with van der Waals surface area (Å²) in [5, 5.41) is 11.2. The minimum absolute atomic E-state index is 0.00472. The lowest BCUT2D eigenvalue weighted by molar-refractivity contribution is -0.147. The van der Waals surface area contributed by atoms with Gasteiger partial charge in [0.1, 0.15) is 22.8 Å². The van der Waals surface area contributed by atoms with E-state index in [9.17, 15) is 40.7 Å². The van der Waals surface area contributed by atoms with Gasteiger partial charge in [0, 0.05) is 24.7 Å². The predicted octanol–water partition coefficient (Wildman–Crippen LogP) is 4.81. The minimum Gasteiger partial charge on any atom is -0.389 e. The van der Waals surface area contributed by atoms with Crippen molar-refractivity contribution in [3.63, 3.8) is 0 Å². The maximum Gasteiger partial charge on any atom is 0.404 e. The lowest BCUT2D eigenvalue weighted by Crippen LogP contribution is -2.45.